The van der Waals surface area contributed by atoms with Gasteiger partial charge < -0.3 is 14.2 Å². The van der Waals surface area contributed by atoms with E-state index in [4.69, 9.17) is 14.2 Å². The molecule has 41 heavy (non-hydrogen) atoms. The Morgan fingerprint density at radius 1 is 0.415 bits per heavy atom. The minimum atomic E-state index is -0.603. The number of rotatable bonds is 8. The van der Waals surface area contributed by atoms with Crippen molar-refractivity contribution in [1.82, 2.24) is 0 Å². The quantitative estimate of drug-likeness (QED) is 0.138. The van der Waals surface area contributed by atoms with Crippen LogP contribution in [0.2, 0.25) is 0 Å². The maximum Gasteiger partial charge on any atom is 0.337 e. The lowest BCUT2D eigenvalue weighted by molar-refractivity contribution is 0.0592. The second kappa shape index (κ2) is 11.8. The van der Waals surface area contributed by atoms with E-state index in [1.54, 1.807) is 36.4 Å². The Kier molecular flexibility index (Phi) is 8.43. The SMILES string of the molecule is COC(=O)c1ccc(C(C)(C)c2ccc(C(C)(c3ccc(C(=O)OC)cc3)c3ccc(C(=O)OC)cc3)cc2)cc1. The van der Waals surface area contributed by atoms with Crippen LogP contribution in [0.3, 0.4) is 0 Å². The molecule has 0 aliphatic heterocycles. The fraction of sp³-hybridized carbons (Fsp3) is 0.229. The van der Waals surface area contributed by atoms with Gasteiger partial charge in [0.15, 0.2) is 0 Å². The number of benzene rings is 4. The first-order valence-electron chi connectivity index (χ1n) is 13.2. The molecule has 0 aliphatic carbocycles. The standard InChI is InChI=1S/C35H34O6/c1-34(2,26-13-7-23(8-14-26)31(36)39-4)27-19-21-30(22-20-27)35(3,28-15-9-24(10-16-28)32(37)40-5)29-17-11-25(12-18-29)33(38)41-6/h7-22H,1-6H3. The second-order valence-corrected chi connectivity index (χ2v) is 10.5. The summed E-state index contributed by atoms with van der Waals surface area (Å²) in [7, 11) is 4.09. The minimum Gasteiger partial charge on any atom is -0.465 e. The molecule has 4 aromatic carbocycles. The lowest BCUT2D eigenvalue weighted by Crippen LogP contribution is -2.26. The predicted octanol–water partition coefficient (Wildman–Crippen LogP) is 6.73. The van der Waals surface area contributed by atoms with Crippen LogP contribution in [-0.4, -0.2) is 39.2 Å². The van der Waals surface area contributed by atoms with Gasteiger partial charge in [-0.05, 0) is 71.1 Å². The average molecular weight is 551 g/mol. The summed E-state index contributed by atoms with van der Waals surface area (Å²) in [5, 5.41) is 0. The monoisotopic (exact) mass is 550 g/mol. The lowest BCUT2D eigenvalue weighted by atomic mass is 9.70. The van der Waals surface area contributed by atoms with E-state index in [1.807, 2.05) is 36.4 Å². The largest absolute Gasteiger partial charge is 0.465 e. The summed E-state index contributed by atoms with van der Waals surface area (Å²) in [5.74, 6) is -1.16. The zero-order valence-electron chi connectivity index (χ0n) is 24.2. The Labute approximate surface area is 240 Å². The molecule has 0 radical (unpaired) electrons. The van der Waals surface area contributed by atoms with Gasteiger partial charge in [-0.1, -0.05) is 74.5 Å². The van der Waals surface area contributed by atoms with Crippen LogP contribution >= 0.6 is 0 Å². The highest BCUT2D eigenvalue weighted by Crippen LogP contribution is 2.40. The maximum atomic E-state index is 12.1. The van der Waals surface area contributed by atoms with Crippen LogP contribution in [-0.2, 0) is 25.0 Å². The molecule has 0 saturated heterocycles. The number of carbonyl (C=O) groups is 3. The Morgan fingerprint density at radius 3 is 0.902 bits per heavy atom. The van der Waals surface area contributed by atoms with E-state index in [1.165, 1.54) is 21.3 Å². The number of esters is 3. The molecule has 0 aromatic heterocycles. The number of ether oxygens (including phenoxy) is 3. The van der Waals surface area contributed by atoms with Crippen LogP contribution in [0, 0.1) is 0 Å². The normalized spacial score (nSPS) is 11.5. The molecule has 0 bridgehead atoms. The van der Waals surface area contributed by atoms with Gasteiger partial charge in [-0.3, -0.25) is 0 Å². The van der Waals surface area contributed by atoms with Crippen LogP contribution in [0.1, 0.15) is 79.7 Å². The highest BCUT2D eigenvalue weighted by molar-refractivity contribution is 5.90. The van der Waals surface area contributed by atoms with E-state index >= 15 is 0 Å². The van der Waals surface area contributed by atoms with Crippen molar-refractivity contribution in [3.8, 4) is 0 Å². The van der Waals surface area contributed by atoms with Gasteiger partial charge in [-0.15, -0.1) is 0 Å². The van der Waals surface area contributed by atoms with Crippen LogP contribution in [0.25, 0.3) is 0 Å². The van der Waals surface area contributed by atoms with Crippen LogP contribution in [0.15, 0.2) is 97.1 Å². The Hall–Kier alpha value is -4.71. The Morgan fingerprint density at radius 2 is 0.634 bits per heavy atom. The highest BCUT2D eigenvalue weighted by Gasteiger charge is 2.33. The zero-order chi connectivity index (χ0) is 29.8. The fourth-order valence-corrected chi connectivity index (χ4v) is 5.14. The Balaban J connectivity index is 1.76. The highest BCUT2D eigenvalue weighted by atomic mass is 16.5. The molecule has 0 amide bonds. The molecule has 0 atom stereocenters. The smallest absolute Gasteiger partial charge is 0.337 e. The minimum absolute atomic E-state index is 0.325. The number of hydrogen-bond donors (Lipinski definition) is 0. The van der Waals surface area contributed by atoms with Gasteiger partial charge in [0.1, 0.15) is 0 Å². The van der Waals surface area contributed by atoms with Gasteiger partial charge in [0.05, 0.1) is 38.0 Å². The van der Waals surface area contributed by atoms with Crippen LogP contribution < -0.4 is 0 Å². The zero-order valence-corrected chi connectivity index (χ0v) is 24.2. The molecule has 6 nitrogen and oxygen atoms in total. The van der Waals surface area contributed by atoms with E-state index in [0.717, 1.165) is 27.8 Å². The van der Waals surface area contributed by atoms with Crippen LogP contribution in [0.4, 0.5) is 0 Å². The molecule has 0 unspecified atom stereocenters. The molecular formula is C35H34O6. The number of hydrogen-bond acceptors (Lipinski definition) is 6. The first-order chi connectivity index (χ1) is 19.6. The molecule has 0 spiro atoms. The van der Waals surface area contributed by atoms with E-state index < -0.39 is 17.4 Å². The van der Waals surface area contributed by atoms with Crippen molar-refractivity contribution in [2.75, 3.05) is 21.3 Å². The molecule has 0 N–H and O–H groups in total. The predicted molar refractivity (Wildman–Crippen MR) is 157 cm³/mol. The van der Waals surface area contributed by atoms with Crippen molar-refractivity contribution in [3.63, 3.8) is 0 Å². The molecule has 6 heteroatoms. The number of methoxy groups -OCH3 is 3. The molecule has 0 heterocycles. The molecule has 210 valence electrons. The first kappa shape index (κ1) is 29.3. The van der Waals surface area contributed by atoms with Gasteiger partial charge >= 0.3 is 17.9 Å². The fourth-order valence-electron chi connectivity index (χ4n) is 5.14. The number of carbonyl (C=O) groups excluding carboxylic acids is 3. The summed E-state index contributed by atoms with van der Waals surface area (Å²) in [5.41, 5.74) is 5.67. The van der Waals surface area contributed by atoms with Crippen molar-refractivity contribution in [2.24, 2.45) is 0 Å². The van der Waals surface area contributed by atoms with E-state index in [-0.39, 0.29) is 11.4 Å². The van der Waals surface area contributed by atoms with Gasteiger partial charge in [-0.2, -0.15) is 0 Å². The molecule has 4 aromatic rings. The maximum absolute atomic E-state index is 12.1. The molecular weight excluding hydrogens is 516 g/mol. The third kappa shape index (κ3) is 5.64. The van der Waals surface area contributed by atoms with Crippen molar-refractivity contribution >= 4 is 17.9 Å². The van der Waals surface area contributed by atoms with E-state index in [9.17, 15) is 14.4 Å². The summed E-state index contributed by atoms with van der Waals surface area (Å²) in [6, 6.07) is 30.7. The van der Waals surface area contributed by atoms with Crippen molar-refractivity contribution < 1.29 is 28.6 Å². The van der Waals surface area contributed by atoms with Crippen LogP contribution in [0.5, 0.6) is 0 Å². The van der Waals surface area contributed by atoms with Gasteiger partial charge in [0, 0.05) is 10.8 Å². The lowest BCUT2D eigenvalue weighted by Gasteiger charge is -2.33. The molecule has 0 aliphatic rings. The summed E-state index contributed by atoms with van der Waals surface area (Å²) < 4.78 is 14.6. The summed E-state index contributed by atoms with van der Waals surface area (Å²) in [6.45, 7) is 6.41. The summed E-state index contributed by atoms with van der Waals surface area (Å²) in [4.78, 5) is 36.0. The van der Waals surface area contributed by atoms with Crippen molar-refractivity contribution in [1.29, 1.82) is 0 Å². The Bertz CT molecular complexity index is 1470. The van der Waals surface area contributed by atoms with E-state index in [0.29, 0.717) is 16.7 Å². The first-order valence-corrected chi connectivity index (χ1v) is 13.2. The van der Waals surface area contributed by atoms with E-state index in [2.05, 4.69) is 45.0 Å². The second-order valence-electron chi connectivity index (χ2n) is 10.5. The average Bonchev–Trinajstić information content (AvgIpc) is 3.03. The van der Waals surface area contributed by atoms with Gasteiger partial charge in [0.25, 0.3) is 0 Å². The topological polar surface area (TPSA) is 78.9 Å². The third-order valence-corrected chi connectivity index (χ3v) is 7.98. The molecule has 0 fully saturated rings. The van der Waals surface area contributed by atoms with Gasteiger partial charge in [-0.25, -0.2) is 14.4 Å². The van der Waals surface area contributed by atoms with Gasteiger partial charge in [0.2, 0.25) is 0 Å². The summed E-state index contributed by atoms with van der Waals surface area (Å²) >= 11 is 0. The molecule has 4 rings (SSSR count). The van der Waals surface area contributed by atoms with Crippen molar-refractivity contribution in [3.05, 3.63) is 142 Å². The summed E-state index contributed by atoms with van der Waals surface area (Å²) in [6.07, 6.45) is 0. The van der Waals surface area contributed by atoms with Crippen molar-refractivity contribution in [2.45, 2.75) is 31.6 Å². The molecule has 0 saturated carbocycles. The third-order valence-electron chi connectivity index (χ3n) is 7.98.